The van der Waals surface area contributed by atoms with Crippen molar-refractivity contribution in [1.29, 1.82) is 0 Å². The van der Waals surface area contributed by atoms with Crippen molar-refractivity contribution in [2.24, 2.45) is 0 Å². The Bertz CT molecular complexity index is 1110. The molecule has 0 atom stereocenters. The van der Waals surface area contributed by atoms with E-state index in [4.69, 9.17) is 0 Å². The predicted octanol–water partition coefficient (Wildman–Crippen LogP) is 3.28. The van der Waals surface area contributed by atoms with Gasteiger partial charge in [-0.05, 0) is 36.8 Å². The average Bonchev–Trinajstić information content (AvgIpc) is 3.09. The van der Waals surface area contributed by atoms with Crippen molar-refractivity contribution in [1.82, 2.24) is 4.98 Å². The fraction of sp³-hybridized carbons (Fsp3) is 0.211. The van der Waals surface area contributed by atoms with Gasteiger partial charge >= 0.3 is 5.97 Å². The van der Waals surface area contributed by atoms with E-state index in [1.807, 2.05) is 0 Å². The summed E-state index contributed by atoms with van der Waals surface area (Å²) >= 11 is 1.23. The van der Waals surface area contributed by atoms with Crippen LogP contribution in [0, 0.1) is 0 Å². The molecule has 0 fully saturated rings. The number of hydrogen-bond donors (Lipinski definition) is 1. The number of esters is 1. The zero-order valence-electron chi connectivity index (χ0n) is 15.0. The third-order valence-corrected chi connectivity index (χ3v) is 6.73. The minimum absolute atomic E-state index is 0.0649. The second kappa shape index (κ2) is 8.49. The molecule has 1 amide bonds. The number of ether oxygens (including phenoxy) is 1. The molecule has 0 bridgehead atoms. The zero-order valence-corrected chi connectivity index (χ0v) is 16.7. The van der Waals surface area contributed by atoms with Crippen LogP contribution >= 0.6 is 11.3 Å². The highest BCUT2D eigenvalue weighted by atomic mass is 32.2. The van der Waals surface area contributed by atoms with Gasteiger partial charge in [0.05, 0.1) is 33.5 Å². The summed E-state index contributed by atoms with van der Waals surface area (Å²) in [7, 11) is -2.09. The number of fused-ring (bicyclic) bond motifs is 1. The van der Waals surface area contributed by atoms with E-state index in [0.29, 0.717) is 16.2 Å². The lowest BCUT2D eigenvalue weighted by atomic mass is 10.2. The topological polar surface area (TPSA) is 102 Å². The number of aromatic nitrogens is 1. The van der Waals surface area contributed by atoms with Crippen molar-refractivity contribution in [3.8, 4) is 0 Å². The quantitative estimate of drug-likeness (QED) is 0.591. The molecule has 28 heavy (non-hydrogen) atoms. The number of rotatable bonds is 7. The lowest BCUT2D eigenvalue weighted by Crippen LogP contribution is -2.14. The van der Waals surface area contributed by atoms with Gasteiger partial charge in [0, 0.05) is 6.42 Å². The fourth-order valence-electron chi connectivity index (χ4n) is 2.57. The molecule has 3 rings (SSSR count). The van der Waals surface area contributed by atoms with Crippen molar-refractivity contribution in [2.75, 3.05) is 18.2 Å². The lowest BCUT2D eigenvalue weighted by Gasteiger charge is -2.04. The molecule has 0 saturated heterocycles. The number of thiazole rings is 1. The molecule has 1 N–H and O–H groups in total. The number of nitrogens with zero attached hydrogens (tertiary/aromatic N) is 1. The summed E-state index contributed by atoms with van der Waals surface area (Å²) in [4.78, 5) is 28.3. The van der Waals surface area contributed by atoms with Gasteiger partial charge in [-0.2, -0.15) is 0 Å². The highest BCUT2D eigenvalue weighted by Gasteiger charge is 2.15. The Hall–Kier alpha value is -2.78. The number of amides is 1. The monoisotopic (exact) mass is 418 g/mol. The van der Waals surface area contributed by atoms with Gasteiger partial charge in [0.15, 0.2) is 15.0 Å². The number of sulfone groups is 1. The first kappa shape index (κ1) is 20.0. The SMILES string of the molecule is COC(=O)c1ccc2nc(NC(=O)CCCS(=O)(=O)c3ccccc3)sc2c1. The van der Waals surface area contributed by atoms with Crippen LogP contribution in [-0.4, -0.2) is 38.1 Å². The molecule has 3 aromatic rings. The molecule has 0 unspecified atom stereocenters. The summed E-state index contributed by atoms with van der Waals surface area (Å²) in [6.07, 6.45) is 0.274. The van der Waals surface area contributed by atoms with Gasteiger partial charge < -0.3 is 10.1 Å². The molecule has 146 valence electrons. The molecule has 2 aromatic carbocycles. The van der Waals surface area contributed by atoms with Crippen LogP contribution in [0.3, 0.4) is 0 Å². The molecule has 9 heteroatoms. The first-order valence-electron chi connectivity index (χ1n) is 8.45. The maximum Gasteiger partial charge on any atom is 0.337 e. The zero-order chi connectivity index (χ0) is 20.1. The number of nitrogens with one attached hydrogen (secondary N) is 1. The van der Waals surface area contributed by atoms with E-state index >= 15 is 0 Å². The summed E-state index contributed by atoms with van der Waals surface area (Å²) in [5, 5.41) is 3.07. The number of methoxy groups -OCH3 is 1. The normalized spacial score (nSPS) is 11.3. The van der Waals surface area contributed by atoms with Gasteiger partial charge in [-0.15, -0.1) is 0 Å². The van der Waals surface area contributed by atoms with Gasteiger partial charge in [0.2, 0.25) is 5.91 Å². The van der Waals surface area contributed by atoms with Gasteiger partial charge in [-0.1, -0.05) is 29.5 Å². The van der Waals surface area contributed by atoms with Gasteiger partial charge in [0.1, 0.15) is 0 Å². The molecule has 0 aliphatic carbocycles. The largest absolute Gasteiger partial charge is 0.465 e. The third kappa shape index (κ3) is 4.73. The maximum absolute atomic E-state index is 12.2. The van der Waals surface area contributed by atoms with E-state index in [2.05, 4.69) is 15.0 Å². The Labute approximate surface area is 166 Å². The van der Waals surface area contributed by atoms with E-state index in [9.17, 15) is 18.0 Å². The van der Waals surface area contributed by atoms with Gasteiger partial charge in [-0.3, -0.25) is 4.79 Å². The number of benzene rings is 2. The standard InChI is InChI=1S/C19H18N2O5S2/c1-26-18(23)13-9-10-15-16(12-13)27-19(20-15)21-17(22)8-5-11-28(24,25)14-6-3-2-4-7-14/h2-4,6-7,9-10,12H,5,8,11H2,1H3,(H,20,21,22). The summed E-state index contributed by atoms with van der Waals surface area (Å²) < 4.78 is 29.9. The summed E-state index contributed by atoms with van der Waals surface area (Å²) in [6, 6.07) is 13.1. The van der Waals surface area contributed by atoms with Crippen LogP contribution in [0.15, 0.2) is 53.4 Å². The number of anilines is 1. The molecule has 0 spiro atoms. The van der Waals surface area contributed by atoms with Crippen LogP contribution in [0.4, 0.5) is 5.13 Å². The molecule has 0 aliphatic rings. The Morgan fingerprint density at radius 2 is 1.89 bits per heavy atom. The second-order valence-electron chi connectivity index (χ2n) is 5.98. The predicted molar refractivity (Wildman–Crippen MR) is 107 cm³/mol. The first-order chi connectivity index (χ1) is 13.4. The molecule has 1 heterocycles. The highest BCUT2D eigenvalue weighted by Crippen LogP contribution is 2.27. The van der Waals surface area contributed by atoms with Crippen molar-refractivity contribution < 1.29 is 22.7 Å². The number of hydrogen-bond acceptors (Lipinski definition) is 7. The summed E-state index contributed by atoms with van der Waals surface area (Å²) in [6.45, 7) is 0. The molecule has 7 nitrogen and oxygen atoms in total. The molecule has 0 saturated carbocycles. The Balaban J connectivity index is 1.58. The van der Waals surface area contributed by atoms with E-state index in [1.54, 1.807) is 48.5 Å². The van der Waals surface area contributed by atoms with Crippen LogP contribution in [0.1, 0.15) is 23.2 Å². The lowest BCUT2D eigenvalue weighted by molar-refractivity contribution is -0.116. The summed E-state index contributed by atoms with van der Waals surface area (Å²) in [5.74, 6) is -0.858. The highest BCUT2D eigenvalue weighted by molar-refractivity contribution is 7.91. The van der Waals surface area contributed by atoms with Gasteiger partial charge in [-0.25, -0.2) is 18.2 Å². The van der Waals surface area contributed by atoms with Crippen LogP contribution in [-0.2, 0) is 19.4 Å². The molecule has 0 aliphatic heterocycles. The Morgan fingerprint density at radius 1 is 1.14 bits per heavy atom. The van der Waals surface area contributed by atoms with E-state index < -0.39 is 15.8 Å². The number of carbonyl (C=O) groups is 2. The average molecular weight is 418 g/mol. The van der Waals surface area contributed by atoms with E-state index in [-0.39, 0.29) is 29.4 Å². The Morgan fingerprint density at radius 3 is 2.61 bits per heavy atom. The smallest absolute Gasteiger partial charge is 0.337 e. The van der Waals surface area contributed by atoms with Crippen molar-refractivity contribution in [2.45, 2.75) is 17.7 Å². The van der Waals surface area contributed by atoms with Crippen LogP contribution in [0.2, 0.25) is 0 Å². The van der Waals surface area contributed by atoms with Crippen LogP contribution in [0.5, 0.6) is 0 Å². The van der Waals surface area contributed by atoms with Crippen molar-refractivity contribution in [3.05, 3.63) is 54.1 Å². The first-order valence-corrected chi connectivity index (χ1v) is 10.9. The van der Waals surface area contributed by atoms with Crippen molar-refractivity contribution in [3.63, 3.8) is 0 Å². The van der Waals surface area contributed by atoms with E-state index in [0.717, 1.165) is 4.70 Å². The fourth-order valence-corrected chi connectivity index (χ4v) is 4.83. The minimum Gasteiger partial charge on any atom is -0.465 e. The number of carbonyl (C=O) groups excluding carboxylic acids is 2. The van der Waals surface area contributed by atoms with Crippen LogP contribution < -0.4 is 5.32 Å². The van der Waals surface area contributed by atoms with E-state index in [1.165, 1.54) is 18.4 Å². The summed E-state index contributed by atoms with van der Waals surface area (Å²) in [5.41, 5.74) is 1.06. The molecular formula is C19H18N2O5S2. The molecule has 1 aromatic heterocycles. The Kier molecular flexibility index (Phi) is 6.05. The molecule has 0 radical (unpaired) electrons. The maximum atomic E-state index is 12.2. The third-order valence-electron chi connectivity index (χ3n) is 3.98. The van der Waals surface area contributed by atoms with Crippen molar-refractivity contribution >= 4 is 48.4 Å². The minimum atomic E-state index is -3.40. The molecular weight excluding hydrogens is 400 g/mol. The van der Waals surface area contributed by atoms with Gasteiger partial charge in [0.25, 0.3) is 0 Å². The second-order valence-corrected chi connectivity index (χ2v) is 9.12. The van der Waals surface area contributed by atoms with Crippen LogP contribution in [0.25, 0.3) is 10.2 Å².